The summed E-state index contributed by atoms with van der Waals surface area (Å²) < 4.78 is 23.1. The van der Waals surface area contributed by atoms with E-state index < -0.39 is 23.4 Å². The van der Waals surface area contributed by atoms with E-state index in [9.17, 15) is 9.59 Å². The maximum absolute atomic E-state index is 12.8. The molecule has 7 heteroatoms. The van der Waals surface area contributed by atoms with Crippen molar-refractivity contribution in [3.63, 3.8) is 0 Å². The van der Waals surface area contributed by atoms with E-state index in [0.717, 1.165) is 12.8 Å². The van der Waals surface area contributed by atoms with Crippen LogP contribution in [-0.2, 0) is 28.5 Å². The first kappa shape index (κ1) is 31.0. The van der Waals surface area contributed by atoms with Crippen molar-refractivity contribution in [1.82, 2.24) is 5.32 Å². The monoisotopic (exact) mass is 459 g/mol. The van der Waals surface area contributed by atoms with Crippen LogP contribution in [0, 0.1) is 0 Å². The summed E-state index contributed by atoms with van der Waals surface area (Å²) in [7, 11) is 1.69. The average Bonchev–Trinajstić information content (AvgIpc) is 2.65. The molecule has 0 heterocycles. The zero-order valence-corrected chi connectivity index (χ0v) is 22.6. The highest BCUT2D eigenvalue weighted by Gasteiger charge is 2.38. The minimum atomic E-state index is -1.14. The predicted octanol–water partition coefficient (Wildman–Crippen LogP) is 4.45. The molecule has 0 aromatic heterocycles. The summed E-state index contributed by atoms with van der Waals surface area (Å²) in [6.07, 6.45) is 0.820. The van der Waals surface area contributed by atoms with E-state index in [1.165, 1.54) is 0 Å². The Morgan fingerprint density at radius 1 is 0.812 bits per heavy atom. The molecule has 0 rings (SSSR count). The standard InChI is InChI=1S/C25H49NO6/c1-13-22(4,5)31-18(2)20(27)25(10,11)32-19(3)21(28)26-16-14-24(8,9)30-17-15-23(6,7)29-12/h18-19H,13-17H2,1-12H3,(H,26,28). The van der Waals surface area contributed by atoms with Gasteiger partial charge in [0.1, 0.15) is 17.8 Å². The summed E-state index contributed by atoms with van der Waals surface area (Å²) in [6.45, 7) is 21.7. The normalized spacial score (nSPS) is 15.4. The molecule has 32 heavy (non-hydrogen) atoms. The van der Waals surface area contributed by atoms with Crippen LogP contribution in [-0.4, -0.2) is 66.6 Å². The van der Waals surface area contributed by atoms with Gasteiger partial charge in [0, 0.05) is 13.7 Å². The van der Waals surface area contributed by atoms with Crippen LogP contribution in [0.3, 0.4) is 0 Å². The number of amides is 1. The third-order valence-corrected chi connectivity index (χ3v) is 5.93. The first-order valence-electron chi connectivity index (χ1n) is 11.7. The fourth-order valence-electron chi connectivity index (χ4n) is 3.04. The van der Waals surface area contributed by atoms with Crippen LogP contribution >= 0.6 is 0 Å². The Labute approximate surface area is 196 Å². The highest BCUT2D eigenvalue weighted by Crippen LogP contribution is 2.23. The molecule has 0 aliphatic rings. The zero-order chi connectivity index (χ0) is 25.4. The van der Waals surface area contributed by atoms with E-state index >= 15 is 0 Å². The van der Waals surface area contributed by atoms with Crippen molar-refractivity contribution >= 4 is 11.7 Å². The molecule has 2 unspecified atom stereocenters. The maximum Gasteiger partial charge on any atom is 0.248 e. The molecular weight excluding hydrogens is 410 g/mol. The number of nitrogens with one attached hydrogen (secondary N) is 1. The van der Waals surface area contributed by atoms with Crippen LogP contribution in [0.2, 0.25) is 0 Å². The summed E-state index contributed by atoms with van der Waals surface area (Å²) in [6, 6.07) is 0. The topological polar surface area (TPSA) is 83.1 Å². The number of methoxy groups -OCH3 is 1. The quantitative estimate of drug-likeness (QED) is 0.367. The average molecular weight is 460 g/mol. The summed E-state index contributed by atoms with van der Waals surface area (Å²) in [5, 5.41) is 2.88. The van der Waals surface area contributed by atoms with Gasteiger partial charge in [-0.2, -0.15) is 0 Å². The van der Waals surface area contributed by atoms with Crippen molar-refractivity contribution in [1.29, 1.82) is 0 Å². The number of hydrogen-bond donors (Lipinski definition) is 1. The number of rotatable bonds is 16. The van der Waals surface area contributed by atoms with Gasteiger partial charge >= 0.3 is 0 Å². The van der Waals surface area contributed by atoms with Gasteiger partial charge < -0.3 is 24.3 Å². The molecule has 0 aliphatic carbocycles. The first-order valence-corrected chi connectivity index (χ1v) is 11.7. The molecule has 0 aromatic rings. The Balaban J connectivity index is 4.59. The molecule has 0 aromatic carbocycles. The summed E-state index contributed by atoms with van der Waals surface area (Å²) in [5.41, 5.74) is -2.15. The lowest BCUT2D eigenvalue weighted by Gasteiger charge is -2.33. The fourth-order valence-corrected chi connectivity index (χ4v) is 3.04. The molecule has 0 saturated carbocycles. The Morgan fingerprint density at radius 3 is 1.88 bits per heavy atom. The molecule has 2 atom stereocenters. The Morgan fingerprint density at radius 2 is 1.38 bits per heavy atom. The molecule has 0 aliphatic heterocycles. The number of ketones is 1. The van der Waals surface area contributed by atoms with Gasteiger partial charge in [0.05, 0.1) is 23.4 Å². The van der Waals surface area contributed by atoms with Gasteiger partial charge in [-0.05, 0) is 88.5 Å². The van der Waals surface area contributed by atoms with Gasteiger partial charge in [-0.15, -0.1) is 0 Å². The molecular formula is C25H49NO6. The van der Waals surface area contributed by atoms with E-state index in [0.29, 0.717) is 19.6 Å². The van der Waals surface area contributed by atoms with Gasteiger partial charge in [-0.3, -0.25) is 9.59 Å². The molecule has 1 N–H and O–H groups in total. The molecule has 0 spiro atoms. The van der Waals surface area contributed by atoms with Gasteiger partial charge in [0.25, 0.3) is 0 Å². The third-order valence-electron chi connectivity index (χ3n) is 5.93. The van der Waals surface area contributed by atoms with Crippen LogP contribution in [0.15, 0.2) is 0 Å². The molecule has 0 bridgehead atoms. The van der Waals surface area contributed by atoms with Crippen molar-refractivity contribution in [2.75, 3.05) is 20.3 Å². The lowest BCUT2D eigenvalue weighted by molar-refractivity contribution is -0.169. The minimum Gasteiger partial charge on any atom is -0.379 e. The van der Waals surface area contributed by atoms with Crippen LogP contribution in [0.25, 0.3) is 0 Å². The fraction of sp³-hybridized carbons (Fsp3) is 0.920. The first-order chi connectivity index (χ1) is 14.4. The molecule has 0 saturated heterocycles. The van der Waals surface area contributed by atoms with E-state index in [2.05, 4.69) is 5.32 Å². The molecule has 7 nitrogen and oxygen atoms in total. The highest BCUT2D eigenvalue weighted by molar-refractivity contribution is 5.91. The SMILES string of the molecule is CCC(C)(C)OC(C)C(=O)C(C)(C)OC(C)C(=O)NCCC(C)(C)OCCC(C)(C)OC. The van der Waals surface area contributed by atoms with Gasteiger partial charge in [-0.25, -0.2) is 0 Å². The number of carbonyl (C=O) groups excluding carboxylic acids is 2. The summed E-state index contributed by atoms with van der Waals surface area (Å²) in [5.74, 6) is -0.447. The van der Waals surface area contributed by atoms with Gasteiger partial charge in [-0.1, -0.05) is 6.92 Å². The summed E-state index contributed by atoms with van der Waals surface area (Å²) >= 11 is 0. The van der Waals surface area contributed by atoms with E-state index in [4.69, 9.17) is 18.9 Å². The second-order valence-corrected chi connectivity index (χ2v) is 10.9. The van der Waals surface area contributed by atoms with Crippen molar-refractivity contribution in [2.24, 2.45) is 0 Å². The lowest BCUT2D eigenvalue weighted by atomic mass is 9.97. The van der Waals surface area contributed by atoms with Crippen LogP contribution in [0.1, 0.15) is 95.4 Å². The van der Waals surface area contributed by atoms with Crippen LogP contribution < -0.4 is 5.32 Å². The second kappa shape index (κ2) is 12.4. The van der Waals surface area contributed by atoms with Crippen LogP contribution in [0.5, 0.6) is 0 Å². The third kappa shape index (κ3) is 11.7. The van der Waals surface area contributed by atoms with E-state index in [1.807, 2.05) is 48.5 Å². The second-order valence-electron chi connectivity index (χ2n) is 10.9. The molecule has 0 radical (unpaired) electrons. The molecule has 1 amide bonds. The number of ether oxygens (including phenoxy) is 4. The predicted molar refractivity (Wildman–Crippen MR) is 128 cm³/mol. The number of Topliss-reactive ketones (excluding diaryl/α,β-unsaturated/α-hetero) is 1. The van der Waals surface area contributed by atoms with Crippen molar-refractivity contribution < 1.29 is 28.5 Å². The van der Waals surface area contributed by atoms with Crippen molar-refractivity contribution in [2.45, 2.75) is 130 Å². The highest BCUT2D eigenvalue weighted by atomic mass is 16.5. The van der Waals surface area contributed by atoms with Crippen molar-refractivity contribution in [3.05, 3.63) is 0 Å². The van der Waals surface area contributed by atoms with Crippen LogP contribution in [0.4, 0.5) is 0 Å². The Bertz CT molecular complexity index is 597. The smallest absolute Gasteiger partial charge is 0.248 e. The zero-order valence-electron chi connectivity index (χ0n) is 22.6. The minimum absolute atomic E-state index is 0.188. The Kier molecular flexibility index (Phi) is 12.0. The van der Waals surface area contributed by atoms with Gasteiger partial charge in [0.15, 0.2) is 5.78 Å². The molecule has 190 valence electrons. The maximum atomic E-state index is 12.8. The largest absolute Gasteiger partial charge is 0.379 e. The summed E-state index contributed by atoms with van der Waals surface area (Å²) in [4.78, 5) is 25.4. The Hall–Kier alpha value is -1.02. The number of carbonyl (C=O) groups is 2. The van der Waals surface area contributed by atoms with Crippen molar-refractivity contribution in [3.8, 4) is 0 Å². The molecule has 0 fully saturated rings. The lowest BCUT2D eigenvalue weighted by Crippen LogP contribution is -2.49. The van der Waals surface area contributed by atoms with E-state index in [1.54, 1.807) is 34.8 Å². The number of hydrogen-bond acceptors (Lipinski definition) is 6. The van der Waals surface area contributed by atoms with E-state index in [-0.39, 0.29) is 22.9 Å². The van der Waals surface area contributed by atoms with Gasteiger partial charge in [0.2, 0.25) is 5.91 Å².